The van der Waals surface area contributed by atoms with Crippen molar-refractivity contribution >= 4 is 29.8 Å². The summed E-state index contributed by atoms with van der Waals surface area (Å²) in [6.45, 7) is 4.92. The smallest absolute Gasteiger partial charge is 0.254 e. The number of rotatable bonds is 7. The molecule has 0 unspecified atom stereocenters. The highest BCUT2D eigenvalue weighted by Crippen LogP contribution is 2.12. The van der Waals surface area contributed by atoms with Crippen LogP contribution >= 0.6 is 11.6 Å². The first-order valence-electron chi connectivity index (χ1n) is 9.42. The number of hydrazone groups is 1. The fourth-order valence-electron chi connectivity index (χ4n) is 3.06. The van der Waals surface area contributed by atoms with Gasteiger partial charge in [0.1, 0.15) is 0 Å². The third-order valence-corrected chi connectivity index (χ3v) is 4.84. The van der Waals surface area contributed by atoms with Gasteiger partial charge >= 0.3 is 0 Å². The van der Waals surface area contributed by atoms with Crippen molar-refractivity contribution in [3.63, 3.8) is 0 Å². The molecule has 1 amide bonds. The molecular weight excluding hydrogens is 372 g/mol. The first kappa shape index (κ1) is 20.3. The van der Waals surface area contributed by atoms with Crippen molar-refractivity contribution in [1.29, 1.82) is 0 Å². The lowest BCUT2D eigenvalue weighted by atomic mass is 10.2. The van der Waals surface area contributed by atoms with Crippen molar-refractivity contribution in [2.45, 2.75) is 6.54 Å². The first-order valence-corrected chi connectivity index (χ1v) is 9.79. The van der Waals surface area contributed by atoms with Crippen LogP contribution in [-0.4, -0.2) is 54.6 Å². The maximum atomic E-state index is 12.0. The second-order valence-corrected chi connectivity index (χ2v) is 7.20. The summed E-state index contributed by atoms with van der Waals surface area (Å²) in [6, 6.07) is 17.9. The Bertz CT molecular complexity index is 797. The molecule has 1 saturated heterocycles. The zero-order valence-corrected chi connectivity index (χ0v) is 16.6. The Hall–Kier alpha value is -2.47. The van der Waals surface area contributed by atoms with E-state index in [9.17, 15) is 4.79 Å². The van der Waals surface area contributed by atoms with Gasteiger partial charge < -0.3 is 0 Å². The van der Waals surface area contributed by atoms with E-state index < -0.39 is 0 Å². The fraction of sp³-hybridized carbons (Fsp3) is 0.273. The molecule has 0 spiro atoms. The van der Waals surface area contributed by atoms with Gasteiger partial charge in [0.25, 0.3) is 5.91 Å². The molecule has 1 aliphatic heterocycles. The molecule has 0 aliphatic carbocycles. The van der Waals surface area contributed by atoms with Crippen LogP contribution in [0.1, 0.15) is 11.1 Å². The Morgan fingerprint density at radius 1 is 1.00 bits per heavy atom. The fourth-order valence-corrected chi connectivity index (χ4v) is 3.19. The molecule has 1 N–H and O–H groups in total. The predicted molar refractivity (Wildman–Crippen MR) is 115 cm³/mol. The van der Waals surface area contributed by atoms with Crippen molar-refractivity contribution in [2.75, 3.05) is 32.7 Å². The number of benzene rings is 2. The number of carbonyl (C=O) groups is 1. The van der Waals surface area contributed by atoms with E-state index >= 15 is 0 Å². The highest BCUT2D eigenvalue weighted by Gasteiger charge is 2.18. The molecule has 0 saturated carbocycles. The Morgan fingerprint density at radius 2 is 1.68 bits per heavy atom. The van der Waals surface area contributed by atoms with Crippen molar-refractivity contribution in [3.05, 3.63) is 76.8 Å². The van der Waals surface area contributed by atoms with Crippen molar-refractivity contribution in [3.8, 4) is 0 Å². The van der Waals surface area contributed by atoms with E-state index in [0.29, 0.717) is 6.54 Å². The average molecular weight is 397 g/mol. The summed E-state index contributed by atoms with van der Waals surface area (Å²) in [5.74, 6) is -0.0875. The lowest BCUT2D eigenvalue weighted by Crippen LogP contribution is -2.48. The molecule has 0 bridgehead atoms. The molecule has 5 nitrogen and oxygen atoms in total. The Labute approximate surface area is 171 Å². The van der Waals surface area contributed by atoms with Gasteiger partial charge in [-0.15, -0.1) is 0 Å². The number of nitrogens with one attached hydrogen (secondary N) is 1. The van der Waals surface area contributed by atoms with Gasteiger partial charge in [0, 0.05) is 44.0 Å². The summed E-state index contributed by atoms with van der Waals surface area (Å²) in [7, 11) is 0. The van der Waals surface area contributed by atoms with Crippen LogP contribution in [0.3, 0.4) is 0 Å². The van der Waals surface area contributed by atoms with Crippen LogP contribution in [0.15, 0.2) is 65.8 Å². The van der Waals surface area contributed by atoms with E-state index in [1.165, 1.54) is 5.56 Å². The molecule has 6 heteroatoms. The van der Waals surface area contributed by atoms with Gasteiger partial charge in [-0.2, -0.15) is 5.10 Å². The first-order chi connectivity index (χ1) is 13.7. The highest BCUT2D eigenvalue weighted by molar-refractivity contribution is 6.30. The van der Waals surface area contributed by atoms with E-state index in [-0.39, 0.29) is 5.91 Å². The van der Waals surface area contributed by atoms with Crippen LogP contribution in [0.5, 0.6) is 0 Å². The van der Waals surface area contributed by atoms with Crippen LogP contribution in [0.4, 0.5) is 0 Å². The SMILES string of the molecule is O=C(CN1CCN(Cc2ccc(Cl)cc2)CC1)N/N=C/C=Cc1ccccc1. The van der Waals surface area contributed by atoms with Gasteiger partial charge in [0.2, 0.25) is 0 Å². The minimum atomic E-state index is -0.0875. The third kappa shape index (κ3) is 6.93. The Kier molecular flexibility index (Phi) is 7.79. The zero-order chi connectivity index (χ0) is 19.6. The maximum absolute atomic E-state index is 12.0. The number of hydrogen-bond donors (Lipinski definition) is 1. The van der Waals surface area contributed by atoms with Gasteiger partial charge in [-0.3, -0.25) is 14.6 Å². The minimum Gasteiger partial charge on any atom is -0.297 e. The van der Waals surface area contributed by atoms with Crippen molar-refractivity contribution < 1.29 is 4.79 Å². The molecule has 1 aliphatic rings. The molecule has 1 heterocycles. The standard InChI is InChI=1S/C22H25ClN4O/c23-21-10-8-20(9-11-21)17-26-13-15-27(16-14-26)18-22(28)25-24-12-4-7-19-5-2-1-3-6-19/h1-12H,13-18H2,(H,25,28)/b7-4?,24-12+. The molecule has 3 rings (SSSR count). The van der Waals surface area contributed by atoms with Gasteiger partial charge in [0.15, 0.2) is 0 Å². The number of amides is 1. The average Bonchev–Trinajstić information content (AvgIpc) is 2.72. The van der Waals surface area contributed by atoms with Crippen LogP contribution in [-0.2, 0) is 11.3 Å². The molecule has 0 radical (unpaired) electrons. The summed E-state index contributed by atoms with van der Waals surface area (Å²) < 4.78 is 0. The summed E-state index contributed by atoms with van der Waals surface area (Å²) in [6.07, 6.45) is 5.34. The van der Waals surface area contributed by atoms with Crippen LogP contribution in [0, 0.1) is 0 Å². The van der Waals surface area contributed by atoms with Crippen molar-refractivity contribution in [1.82, 2.24) is 15.2 Å². The number of hydrogen-bond acceptors (Lipinski definition) is 4. The molecule has 2 aromatic carbocycles. The summed E-state index contributed by atoms with van der Waals surface area (Å²) in [5, 5.41) is 4.73. The third-order valence-electron chi connectivity index (χ3n) is 4.59. The highest BCUT2D eigenvalue weighted by atomic mass is 35.5. The number of nitrogens with zero attached hydrogens (tertiary/aromatic N) is 3. The molecule has 28 heavy (non-hydrogen) atoms. The Balaban J connectivity index is 1.33. The van der Waals surface area contributed by atoms with E-state index in [2.05, 4.69) is 32.5 Å². The number of halogens is 1. The quantitative estimate of drug-likeness (QED) is 0.577. The largest absolute Gasteiger partial charge is 0.297 e. The van der Waals surface area contributed by atoms with E-state index in [0.717, 1.165) is 43.3 Å². The summed E-state index contributed by atoms with van der Waals surface area (Å²) in [4.78, 5) is 16.6. The van der Waals surface area contributed by atoms with Crippen LogP contribution in [0.2, 0.25) is 5.02 Å². The topological polar surface area (TPSA) is 47.9 Å². The Morgan fingerprint density at radius 3 is 2.39 bits per heavy atom. The summed E-state index contributed by atoms with van der Waals surface area (Å²) in [5.41, 5.74) is 4.94. The minimum absolute atomic E-state index is 0.0875. The van der Waals surface area contributed by atoms with Crippen molar-refractivity contribution in [2.24, 2.45) is 5.10 Å². The normalized spacial score (nSPS) is 16.0. The molecular formula is C22H25ClN4O. The van der Waals surface area contributed by atoms with E-state index in [1.807, 2.05) is 54.6 Å². The molecule has 2 aromatic rings. The molecule has 0 atom stereocenters. The molecule has 0 aromatic heterocycles. The van der Waals surface area contributed by atoms with Crippen LogP contribution in [0.25, 0.3) is 6.08 Å². The second-order valence-electron chi connectivity index (χ2n) is 6.76. The lowest BCUT2D eigenvalue weighted by molar-refractivity contribution is -0.122. The van der Waals surface area contributed by atoms with E-state index in [4.69, 9.17) is 11.6 Å². The second kappa shape index (κ2) is 10.8. The lowest BCUT2D eigenvalue weighted by Gasteiger charge is -2.34. The maximum Gasteiger partial charge on any atom is 0.254 e. The van der Waals surface area contributed by atoms with Gasteiger partial charge in [0.05, 0.1) is 6.54 Å². The summed E-state index contributed by atoms with van der Waals surface area (Å²) >= 11 is 5.93. The van der Waals surface area contributed by atoms with Gasteiger partial charge in [-0.05, 0) is 29.3 Å². The number of piperazine rings is 1. The monoisotopic (exact) mass is 396 g/mol. The number of allylic oxidation sites excluding steroid dienone is 1. The number of carbonyl (C=O) groups excluding carboxylic acids is 1. The zero-order valence-electron chi connectivity index (χ0n) is 15.8. The van der Waals surface area contributed by atoms with Gasteiger partial charge in [-0.1, -0.05) is 60.1 Å². The predicted octanol–water partition coefficient (Wildman–Crippen LogP) is 3.27. The molecule has 1 fully saturated rings. The molecule has 146 valence electrons. The van der Waals surface area contributed by atoms with Gasteiger partial charge in [-0.25, -0.2) is 5.43 Å². The van der Waals surface area contributed by atoms with Crippen LogP contribution < -0.4 is 5.43 Å². The van der Waals surface area contributed by atoms with E-state index in [1.54, 1.807) is 6.21 Å².